The molecular formula is C14H13NO5S. The zero-order chi connectivity index (χ0) is 15.0. The lowest BCUT2D eigenvalue weighted by molar-refractivity contribution is 0.0696. The molecule has 110 valence electrons. The number of carboxylic acids is 1. The first kappa shape index (κ1) is 13.8. The highest BCUT2D eigenvalue weighted by molar-refractivity contribution is 7.89. The number of nitrogens with zero attached hydrogens (tertiary/aromatic N) is 1. The van der Waals surface area contributed by atoms with Crippen LogP contribution in [0.3, 0.4) is 0 Å². The predicted octanol–water partition coefficient (Wildman–Crippen LogP) is 1.72. The lowest BCUT2D eigenvalue weighted by Gasteiger charge is -2.25. The maximum atomic E-state index is 12.5. The Morgan fingerprint density at radius 3 is 2.57 bits per heavy atom. The normalized spacial score (nSPS) is 15.6. The molecule has 3 rings (SSSR count). The highest BCUT2D eigenvalue weighted by Gasteiger charge is 2.29. The van der Waals surface area contributed by atoms with Crippen molar-refractivity contribution in [3.05, 3.63) is 53.5 Å². The van der Waals surface area contributed by atoms with E-state index in [0.717, 1.165) is 11.3 Å². The van der Waals surface area contributed by atoms with Crippen LogP contribution in [0, 0.1) is 0 Å². The second-order valence-electron chi connectivity index (χ2n) is 4.79. The fourth-order valence-corrected chi connectivity index (χ4v) is 3.77. The molecule has 0 bridgehead atoms. The zero-order valence-corrected chi connectivity index (χ0v) is 11.8. The third-order valence-electron chi connectivity index (χ3n) is 3.51. The lowest BCUT2D eigenvalue weighted by Crippen LogP contribution is -2.35. The average Bonchev–Trinajstić information content (AvgIpc) is 2.94. The minimum absolute atomic E-state index is 0.0599. The SMILES string of the molecule is O=C(O)c1ccc(S(=O)(=O)N2CCc3occc3C2)cc1. The zero-order valence-electron chi connectivity index (χ0n) is 11.0. The third-order valence-corrected chi connectivity index (χ3v) is 5.37. The summed E-state index contributed by atoms with van der Waals surface area (Å²) < 4.78 is 31.7. The Morgan fingerprint density at radius 1 is 1.19 bits per heavy atom. The van der Waals surface area contributed by atoms with Crippen LogP contribution in [0.15, 0.2) is 45.9 Å². The first-order chi connectivity index (χ1) is 9.98. The maximum Gasteiger partial charge on any atom is 0.335 e. The monoisotopic (exact) mass is 307 g/mol. The number of furan rings is 1. The van der Waals surface area contributed by atoms with E-state index in [2.05, 4.69) is 0 Å². The molecule has 0 atom stereocenters. The molecule has 1 aromatic heterocycles. The molecule has 2 aromatic rings. The second-order valence-corrected chi connectivity index (χ2v) is 6.73. The van der Waals surface area contributed by atoms with Crippen molar-refractivity contribution < 1.29 is 22.7 Å². The van der Waals surface area contributed by atoms with Crippen molar-refractivity contribution in [2.75, 3.05) is 6.54 Å². The molecular weight excluding hydrogens is 294 g/mol. The maximum absolute atomic E-state index is 12.5. The number of rotatable bonds is 3. The Kier molecular flexibility index (Phi) is 3.30. The first-order valence-electron chi connectivity index (χ1n) is 6.37. The van der Waals surface area contributed by atoms with E-state index in [1.54, 1.807) is 12.3 Å². The Balaban J connectivity index is 1.89. The second kappa shape index (κ2) is 5.01. The van der Waals surface area contributed by atoms with Crippen molar-refractivity contribution in [3.63, 3.8) is 0 Å². The van der Waals surface area contributed by atoms with E-state index in [4.69, 9.17) is 9.52 Å². The van der Waals surface area contributed by atoms with E-state index in [9.17, 15) is 13.2 Å². The summed E-state index contributed by atoms with van der Waals surface area (Å²) in [5, 5.41) is 8.84. The van der Waals surface area contributed by atoms with Gasteiger partial charge in [0.25, 0.3) is 0 Å². The number of hydrogen-bond donors (Lipinski definition) is 1. The minimum Gasteiger partial charge on any atom is -0.478 e. The Hall–Kier alpha value is -2.12. The molecule has 1 aliphatic rings. The van der Waals surface area contributed by atoms with Crippen LogP contribution < -0.4 is 0 Å². The number of benzene rings is 1. The molecule has 6 nitrogen and oxygen atoms in total. The quantitative estimate of drug-likeness (QED) is 0.933. The molecule has 7 heteroatoms. The van der Waals surface area contributed by atoms with Gasteiger partial charge in [-0.3, -0.25) is 0 Å². The highest BCUT2D eigenvalue weighted by Crippen LogP contribution is 2.25. The van der Waals surface area contributed by atoms with Gasteiger partial charge in [0.1, 0.15) is 5.76 Å². The summed E-state index contributed by atoms with van der Waals surface area (Å²) >= 11 is 0. The summed E-state index contributed by atoms with van der Waals surface area (Å²) in [5.41, 5.74) is 0.927. The van der Waals surface area contributed by atoms with Gasteiger partial charge in [-0.1, -0.05) is 0 Å². The topological polar surface area (TPSA) is 87.8 Å². The third kappa shape index (κ3) is 2.45. The molecule has 0 saturated carbocycles. The van der Waals surface area contributed by atoms with Gasteiger partial charge in [0.2, 0.25) is 10.0 Å². The number of fused-ring (bicyclic) bond motifs is 1. The number of sulfonamides is 1. The number of carboxylic acid groups (broad SMARTS) is 1. The van der Waals surface area contributed by atoms with E-state index >= 15 is 0 Å². The fourth-order valence-electron chi connectivity index (χ4n) is 2.35. The molecule has 0 aliphatic carbocycles. The molecule has 0 unspecified atom stereocenters. The van der Waals surface area contributed by atoms with Crippen LogP contribution in [0.2, 0.25) is 0 Å². The summed E-state index contributed by atoms with van der Waals surface area (Å²) in [6.07, 6.45) is 2.09. The molecule has 0 saturated heterocycles. The first-order valence-corrected chi connectivity index (χ1v) is 7.81. The predicted molar refractivity (Wildman–Crippen MR) is 73.4 cm³/mol. The van der Waals surface area contributed by atoms with Crippen molar-refractivity contribution in [3.8, 4) is 0 Å². The molecule has 0 spiro atoms. The standard InChI is InChI=1S/C14H13NO5S/c16-14(17)10-1-3-12(4-2-10)21(18,19)15-7-5-13-11(9-15)6-8-20-13/h1-4,6,8H,5,7,9H2,(H,16,17). The summed E-state index contributed by atoms with van der Waals surface area (Å²) in [6, 6.07) is 7.00. The van der Waals surface area contributed by atoms with E-state index in [1.165, 1.54) is 28.6 Å². The molecule has 0 fully saturated rings. The molecule has 1 N–H and O–H groups in total. The van der Waals surface area contributed by atoms with E-state index in [-0.39, 0.29) is 17.0 Å². The summed E-state index contributed by atoms with van der Waals surface area (Å²) in [4.78, 5) is 10.9. The van der Waals surface area contributed by atoms with Gasteiger partial charge in [0.05, 0.1) is 16.7 Å². The van der Waals surface area contributed by atoms with Gasteiger partial charge in [-0.25, -0.2) is 13.2 Å². The number of aromatic carboxylic acids is 1. The molecule has 0 radical (unpaired) electrons. The highest BCUT2D eigenvalue weighted by atomic mass is 32.2. The number of hydrogen-bond acceptors (Lipinski definition) is 4. The van der Waals surface area contributed by atoms with E-state index < -0.39 is 16.0 Å². The van der Waals surface area contributed by atoms with Gasteiger partial charge >= 0.3 is 5.97 Å². The van der Waals surface area contributed by atoms with Gasteiger partial charge in [-0.2, -0.15) is 4.31 Å². The molecule has 2 heterocycles. The largest absolute Gasteiger partial charge is 0.478 e. The van der Waals surface area contributed by atoms with Crippen LogP contribution in [-0.4, -0.2) is 30.3 Å². The Bertz CT molecular complexity index is 776. The number of carbonyl (C=O) groups is 1. The van der Waals surface area contributed by atoms with Crippen LogP contribution in [0.25, 0.3) is 0 Å². The minimum atomic E-state index is -3.63. The molecule has 1 aromatic carbocycles. The van der Waals surface area contributed by atoms with E-state index in [1.807, 2.05) is 0 Å². The van der Waals surface area contributed by atoms with Crippen LogP contribution in [-0.2, 0) is 23.0 Å². The van der Waals surface area contributed by atoms with Gasteiger partial charge in [-0.05, 0) is 30.3 Å². The van der Waals surface area contributed by atoms with Gasteiger partial charge in [0.15, 0.2) is 0 Å². The van der Waals surface area contributed by atoms with Crippen molar-refractivity contribution in [2.24, 2.45) is 0 Å². The lowest BCUT2D eigenvalue weighted by atomic mass is 10.1. The average molecular weight is 307 g/mol. The Labute approximate surface area is 121 Å². The summed E-state index contributed by atoms with van der Waals surface area (Å²) in [5.74, 6) is -0.261. The van der Waals surface area contributed by atoms with E-state index in [0.29, 0.717) is 13.0 Å². The summed E-state index contributed by atoms with van der Waals surface area (Å²) in [7, 11) is -3.63. The van der Waals surface area contributed by atoms with Crippen molar-refractivity contribution in [1.82, 2.24) is 4.31 Å². The van der Waals surface area contributed by atoms with Gasteiger partial charge < -0.3 is 9.52 Å². The fraction of sp³-hybridized carbons (Fsp3) is 0.214. The molecule has 0 amide bonds. The van der Waals surface area contributed by atoms with Crippen molar-refractivity contribution in [2.45, 2.75) is 17.9 Å². The molecule has 21 heavy (non-hydrogen) atoms. The van der Waals surface area contributed by atoms with Gasteiger partial charge in [-0.15, -0.1) is 0 Å². The van der Waals surface area contributed by atoms with Crippen LogP contribution in [0.4, 0.5) is 0 Å². The van der Waals surface area contributed by atoms with Crippen LogP contribution >= 0.6 is 0 Å². The smallest absolute Gasteiger partial charge is 0.335 e. The van der Waals surface area contributed by atoms with Crippen molar-refractivity contribution >= 4 is 16.0 Å². The van der Waals surface area contributed by atoms with Crippen molar-refractivity contribution in [1.29, 1.82) is 0 Å². The van der Waals surface area contributed by atoms with Crippen LogP contribution in [0.1, 0.15) is 21.7 Å². The Morgan fingerprint density at radius 2 is 1.90 bits per heavy atom. The summed E-state index contributed by atoms with van der Waals surface area (Å²) in [6.45, 7) is 0.623. The van der Waals surface area contributed by atoms with Gasteiger partial charge in [0, 0.05) is 25.1 Å². The van der Waals surface area contributed by atoms with Crippen LogP contribution in [0.5, 0.6) is 0 Å². The molecule has 1 aliphatic heterocycles.